The summed E-state index contributed by atoms with van der Waals surface area (Å²) in [6, 6.07) is 9.13. The van der Waals surface area contributed by atoms with Crippen LogP contribution in [0.5, 0.6) is 0 Å². The van der Waals surface area contributed by atoms with Gasteiger partial charge in [-0.25, -0.2) is 0 Å². The molecule has 1 atom stereocenters. The van der Waals surface area contributed by atoms with E-state index in [9.17, 15) is 0 Å². The second kappa shape index (κ2) is 11.6. The van der Waals surface area contributed by atoms with E-state index in [0.29, 0.717) is 6.04 Å². The summed E-state index contributed by atoms with van der Waals surface area (Å²) in [5, 5.41) is 8.98. The van der Waals surface area contributed by atoms with Gasteiger partial charge in [0.15, 0.2) is 0 Å². The Labute approximate surface area is 171 Å². The molecular weight excluding hydrogens is 344 g/mol. The quantitative estimate of drug-likeness (QED) is 0.481. The molecule has 0 aliphatic carbocycles. The molecule has 2 aromatic rings. The van der Waals surface area contributed by atoms with Crippen molar-refractivity contribution in [3.8, 4) is 0 Å². The lowest BCUT2D eigenvalue weighted by Gasteiger charge is -2.27. The Morgan fingerprint density at radius 2 is 1.82 bits per heavy atom. The number of benzene rings is 1. The van der Waals surface area contributed by atoms with E-state index in [1.54, 1.807) is 0 Å². The van der Waals surface area contributed by atoms with Gasteiger partial charge in [0, 0.05) is 42.8 Å². The van der Waals surface area contributed by atoms with E-state index >= 15 is 0 Å². The van der Waals surface area contributed by atoms with E-state index in [1.165, 1.54) is 68.2 Å². The van der Waals surface area contributed by atoms with E-state index in [0.717, 1.165) is 32.0 Å². The van der Waals surface area contributed by atoms with Crippen molar-refractivity contribution in [2.45, 2.75) is 58.4 Å². The van der Waals surface area contributed by atoms with Crippen LogP contribution in [0, 0.1) is 5.92 Å². The molecule has 0 amide bonds. The Hall–Kier alpha value is -1.36. The average Bonchev–Trinajstić information content (AvgIpc) is 3.15. The minimum absolute atomic E-state index is 0.473. The average molecular weight is 385 g/mol. The van der Waals surface area contributed by atoms with Gasteiger partial charge in [-0.3, -0.25) is 0 Å². The molecule has 1 aromatic carbocycles. The zero-order valence-electron chi connectivity index (χ0n) is 18.0. The molecule has 1 aromatic heterocycles. The van der Waals surface area contributed by atoms with Crippen LogP contribution in [0.1, 0.15) is 51.5 Å². The molecule has 0 bridgehead atoms. The van der Waals surface area contributed by atoms with Gasteiger partial charge in [-0.2, -0.15) is 0 Å². The fourth-order valence-electron chi connectivity index (χ4n) is 4.39. The van der Waals surface area contributed by atoms with E-state index in [-0.39, 0.29) is 0 Å². The summed E-state index contributed by atoms with van der Waals surface area (Å²) < 4.78 is 0. The second-order valence-corrected chi connectivity index (χ2v) is 8.46. The fourth-order valence-corrected chi connectivity index (χ4v) is 4.39. The summed E-state index contributed by atoms with van der Waals surface area (Å²) in [5.74, 6) is 0.777. The highest BCUT2D eigenvalue weighted by Crippen LogP contribution is 2.19. The third kappa shape index (κ3) is 6.33. The summed E-state index contributed by atoms with van der Waals surface area (Å²) in [7, 11) is 0. The van der Waals surface area contributed by atoms with E-state index in [1.807, 2.05) is 0 Å². The van der Waals surface area contributed by atoms with Gasteiger partial charge in [-0.05, 0) is 56.4 Å². The van der Waals surface area contributed by atoms with Crippen molar-refractivity contribution in [3.05, 3.63) is 36.0 Å². The predicted molar refractivity (Wildman–Crippen MR) is 121 cm³/mol. The van der Waals surface area contributed by atoms with Crippen molar-refractivity contribution in [2.24, 2.45) is 5.92 Å². The summed E-state index contributed by atoms with van der Waals surface area (Å²) in [4.78, 5) is 6.05. The number of fused-ring (bicyclic) bond motifs is 1. The number of likely N-dealkylation sites (tertiary alicyclic amines) is 1. The molecule has 0 radical (unpaired) electrons. The molecule has 4 heteroatoms. The zero-order chi connectivity index (χ0) is 19.6. The van der Waals surface area contributed by atoms with Crippen LogP contribution < -0.4 is 10.6 Å². The van der Waals surface area contributed by atoms with Crippen LogP contribution in [0.3, 0.4) is 0 Å². The Kier molecular flexibility index (Phi) is 8.84. The third-order valence-corrected chi connectivity index (χ3v) is 6.44. The lowest BCUT2D eigenvalue weighted by atomic mass is 10.0. The summed E-state index contributed by atoms with van der Waals surface area (Å²) in [5.41, 5.74) is 2.67. The van der Waals surface area contributed by atoms with Gasteiger partial charge in [0.1, 0.15) is 0 Å². The molecule has 1 aliphatic heterocycles. The maximum Gasteiger partial charge on any atom is 0.0456 e. The highest BCUT2D eigenvalue weighted by molar-refractivity contribution is 5.83. The minimum atomic E-state index is 0.473. The normalized spacial score (nSPS) is 16.8. The van der Waals surface area contributed by atoms with Crippen LogP contribution in [0.4, 0.5) is 0 Å². The summed E-state index contributed by atoms with van der Waals surface area (Å²) in [6.45, 7) is 11.6. The molecule has 0 saturated carbocycles. The van der Waals surface area contributed by atoms with Crippen LogP contribution in [0.15, 0.2) is 30.5 Å². The number of nitrogens with zero attached hydrogens (tertiary/aromatic N) is 1. The molecule has 4 nitrogen and oxygen atoms in total. The van der Waals surface area contributed by atoms with Crippen LogP contribution in [0.2, 0.25) is 0 Å². The topological polar surface area (TPSA) is 43.1 Å². The monoisotopic (exact) mass is 384 g/mol. The highest BCUT2D eigenvalue weighted by atomic mass is 15.1. The summed E-state index contributed by atoms with van der Waals surface area (Å²) in [6.07, 6.45) is 9.94. The van der Waals surface area contributed by atoms with E-state index in [2.05, 4.69) is 64.8 Å². The smallest absolute Gasteiger partial charge is 0.0456 e. The standard InChI is InChI=1S/C24H40N4/c1-3-20(4-2)17-26-22(19-25-12-15-28-13-8-5-9-14-28)16-21-18-27-24-11-7-6-10-23(21)24/h6-7,10-11,18,20,22,25-27H,3-5,8-9,12-17,19H2,1-2H3. The highest BCUT2D eigenvalue weighted by Gasteiger charge is 2.15. The number of para-hydroxylation sites is 1. The van der Waals surface area contributed by atoms with Gasteiger partial charge < -0.3 is 20.5 Å². The number of rotatable bonds is 12. The largest absolute Gasteiger partial charge is 0.361 e. The Morgan fingerprint density at radius 3 is 2.61 bits per heavy atom. The lowest BCUT2D eigenvalue weighted by molar-refractivity contribution is 0.228. The number of hydrogen-bond acceptors (Lipinski definition) is 3. The van der Waals surface area contributed by atoms with Crippen LogP contribution >= 0.6 is 0 Å². The Balaban J connectivity index is 1.53. The third-order valence-electron chi connectivity index (χ3n) is 6.44. The molecule has 156 valence electrons. The van der Waals surface area contributed by atoms with Crippen LogP contribution in [-0.4, -0.2) is 55.2 Å². The second-order valence-electron chi connectivity index (χ2n) is 8.46. The fraction of sp³-hybridized carbons (Fsp3) is 0.667. The molecule has 1 unspecified atom stereocenters. The Bertz CT molecular complexity index is 670. The number of nitrogens with one attached hydrogen (secondary N) is 3. The Morgan fingerprint density at radius 1 is 1.04 bits per heavy atom. The van der Waals surface area contributed by atoms with Crippen molar-refractivity contribution in [1.82, 2.24) is 20.5 Å². The van der Waals surface area contributed by atoms with Crippen LogP contribution in [0.25, 0.3) is 10.9 Å². The molecular formula is C24H40N4. The van der Waals surface area contributed by atoms with E-state index in [4.69, 9.17) is 0 Å². The molecule has 2 heterocycles. The van der Waals surface area contributed by atoms with Crippen molar-refractivity contribution in [3.63, 3.8) is 0 Å². The molecule has 1 fully saturated rings. The molecule has 1 saturated heterocycles. The maximum atomic E-state index is 3.87. The first kappa shape index (κ1) is 21.4. The summed E-state index contributed by atoms with van der Waals surface area (Å²) >= 11 is 0. The van der Waals surface area contributed by atoms with Gasteiger partial charge in [0.05, 0.1) is 0 Å². The molecule has 28 heavy (non-hydrogen) atoms. The maximum absolute atomic E-state index is 3.87. The molecule has 3 N–H and O–H groups in total. The first-order valence-corrected chi connectivity index (χ1v) is 11.5. The number of aromatic nitrogens is 1. The van der Waals surface area contributed by atoms with Gasteiger partial charge in [-0.15, -0.1) is 0 Å². The van der Waals surface area contributed by atoms with Crippen LogP contribution in [-0.2, 0) is 6.42 Å². The number of H-pyrrole nitrogens is 1. The number of aromatic amines is 1. The molecule has 0 spiro atoms. The SMILES string of the molecule is CCC(CC)CNC(CNCCN1CCCCC1)Cc1c[nH]c2ccccc12. The van der Waals surface area contributed by atoms with Crippen molar-refractivity contribution < 1.29 is 0 Å². The molecule has 1 aliphatic rings. The van der Waals surface area contributed by atoms with E-state index < -0.39 is 0 Å². The van der Waals surface area contributed by atoms with Crippen molar-refractivity contribution >= 4 is 10.9 Å². The van der Waals surface area contributed by atoms with Gasteiger partial charge >= 0.3 is 0 Å². The van der Waals surface area contributed by atoms with Gasteiger partial charge in [0.2, 0.25) is 0 Å². The first-order valence-electron chi connectivity index (χ1n) is 11.5. The van der Waals surface area contributed by atoms with Crippen molar-refractivity contribution in [2.75, 3.05) is 39.3 Å². The minimum Gasteiger partial charge on any atom is -0.361 e. The van der Waals surface area contributed by atoms with Gasteiger partial charge in [0.25, 0.3) is 0 Å². The lowest BCUT2D eigenvalue weighted by Crippen LogP contribution is -2.44. The predicted octanol–water partition coefficient (Wildman–Crippen LogP) is 4.18. The first-order chi connectivity index (χ1) is 13.8. The zero-order valence-corrected chi connectivity index (χ0v) is 18.0. The number of piperidine rings is 1. The molecule has 3 rings (SSSR count). The van der Waals surface area contributed by atoms with Gasteiger partial charge in [-0.1, -0.05) is 51.3 Å². The number of hydrogen-bond donors (Lipinski definition) is 3. The van der Waals surface area contributed by atoms with Crippen molar-refractivity contribution in [1.29, 1.82) is 0 Å².